The van der Waals surface area contributed by atoms with E-state index < -0.39 is 19.0 Å². The molecule has 0 spiro atoms. The number of benzene rings is 1. The highest BCUT2D eigenvalue weighted by Crippen LogP contribution is 2.22. The van der Waals surface area contributed by atoms with Gasteiger partial charge >= 0.3 is 9.24 Å². The summed E-state index contributed by atoms with van der Waals surface area (Å²) in [6.07, 6.45) is 0. The molecule has 0 aliphatic rings. The van der Waals surface area contributed by atoms with Gasteiger partial charge in [0.05, 0.1) is 5.52 Å². The summed E-state index contributed by atoms with van der Waals surface area (Å²) >= 11 is 0. The van der Waals surface area contributed by atoms with E-state index >= 15 is 0 Å². The number of hydrogen-bond acceptors (Lipinski definition) is 4. The molecule has 0 amide bonds. The van der Waals surface area contributed by atoms with E-state index in [-0.39, 0.29) is 10.8 Å². The first-order chi connectivity index (χ1) is 9.25. The number of hydrogen-bond donors (Lipinski definition) is 0. The number of nitrogens with zero attached hydrogens (tertiary/aromatic N) is 2. The summed E-state index contributed by atoms with van der Waals surface area (Å²) < 4.78 is 38.2. The Kier molecular flexibility index (Phi) is 4.04. The van der Waals surface area contributed by atoms with Crippen molar-refractivity contribution in [2.75, 3.05) is 5.75 Å². The Hall–Kier alpha value is -1.18. The predicted octanol–water partition coefficient (Wildman–Crippen LogP) is 2.87. The van der Waals surface area contributed by atoms with Gasteiger partial charge in [0.25, 0.3) is 0 Å². The number of fused-ring (bicyclic) bond motifs is 1. The molecule has 0 N–H and O–H groups in total. The fourth-order valence-electron chi connectivity index (χ4n) is 1.86. The van der Waals surface area contributed by atoms with Gasteiger partial charge in [-0.05, 0) is 24.6 Å². The van der Waals surface area contributed by atoms with Crippen LogP contribution in [0.15, 0.2) is 39.1 Å². The standard InChI is InChI=1S/C12H13ClN2O3S2/c1-3-19(16,15-20(13,17)18)12-8-9(2)10-6-4-5-7-11(10)14-12/h4-8H,3H2,1-2H3/t19-/m1/s1. The van der Waals surface area contributed by atoms with Gasteiger partial charge in [-0.3, -0.25) is 0 Å². The summed E-state index contributed by atoms with van der Waals surface area (Å²) in [5.41, 5.74) is 1.50. The topological polar surface area (TPSA) is 76.5 Å². The Labute approximate surface area is 122 Å². The minimum atomic E-state index is -4.23. The smallest absolute Gasteiger partial charge is 0.242 e. The zero-order valence-electron chi connectivity index (χ0n) is 10.9. The van der Waals surface area contributed by atoms with E-state index in [1.807, 2.05) is 25.1 Å². The number of rotatable bonds is 3. The maximum atomic E-state index is 12.7. The summed E-state index contributed by atoms with van der Waals surface area (Å²) in [6, 6.07) is 8.95. The lowest BCUT2D eigenvalue weighted by Gasteiger charge is -2.09. The van der Waals surface area contributed by atoms with E-state index in [0.717, 1.165) is 10.9 Å². The van der Waals surface area contributed by atoms with Crippen molar-refractivity contribution >= 4 is 40.6 Å². The van der Waals surface area contributed by atoms with Crippen molar-refractivity contribution in [3.8, 4) is 0 Å². The van der Waals surface area contributed by atoms with Crippen LogP contribution in [-0.4, -0.2) is 23.4 Å². The SMILES string of the molecule is CC[S@](=O)(=NS(=O)(=O)Cl)c1cc(C)c2ccccc2n1. The maximum Gasteiger partial charge on any atom is 0.347 e. The molecule has 0 fully saturated rings. The third kappa shape index (κ3) is 3.11. The first-order valence-corrected chi connectivity index (χ1v) is 9.77. The summed E-state index contributed by atoms with van der Waals surface area (Å²) in [6.45, 7) is 3.43. The molecule has 0 saturated carbocycles. The Balaban J connectivity index is 2.81. The molecule has 2 aromatic rings. The molecule has 1 aromatic carbocycles. The van der Waals surface area contributed by atoms with Crippen molar-refractivity contribution in [3.63, 3.8) is 0 Å². The second kappa shape index (κ2) is 5.31. The van der Waals surface area contributed by atoms with Crippen molar-refractivity contribution in [3.05, 3.63) is 35.9 Å². The molecular formula is C12H13ClN2O3S2. The molecule has 0 bridgehead atoms. The lowest BCUT2D eigenvalue weighted by molar-refractivity contribution is 0.611. The zero-order chi connectivity index (χ0) is 15.0. The molecule has 0 radical (unpaired) electrons. The first kappa shape index (κ1) is 15.2. The summed E-state index contributed by atoms with van der Waals surface area (Å²) in [5, 5.41) is 1.06. The van der Waals surface area contributed by atoms with Gasteiger partial charge in [0.15, 0.2) is 0 Å². The quantitative estimate of drug-likeness (QED) is 0.810. The fraction of sp³-hybridized carbons (Fsp3) is 0.250. The third-order valence-corrected chi connectivity index (χ3v) is 6.65. The molecule has 0 aliphatic heterocycles. The van der Waals surface area contributed by atoms with Crippen LogP contribution in [0.4, 0.5) is 0 Å². The molecule has 8 heteroatoms. The van der Waals surface area contributed by atoms with Crippen molar-refractivity contribution in [1.29, 1.82) is 0 Å². The van der Waals surface area contributed by atoms with Crippen LogP contribution < -0.4 is 0 Å². The fourth-order valence-corrected chi connectivity index (χ4v) is 5.46. The highest BCUT2D eigenvalue weighted by molar-refractivity contribution is 8.17. The highest BCUT2D eigenvalue weighted by atomic mass is 35.7. The minimum absolute atomic E-state index is 0.0176. The van der Waals surface area contributed by atoms with E-state index in [1.54, 1.807) is 19.1 Å². The van der Waals surface area contributed by atoms with Gasteiger partial charge in [-0.15, -0.1) is 0 Å². The third-order valence-electron chi connectivity index (χ3n) is 2.83. The van der Waals surface area contributed by atoms with Gasteiger partial charge in [0.1, 0.15) is 14.8 Å². The van der Waals surface area contributed by atoms with E-state index in [0.29, 0.717) is 5.52 Å². The Bertz CT molecular complexity index is 885. The molecule has 0 aliphatic carbocycles. The Morgan fingerprint density at radius 3 is 2.50 bits per heavy atom. The second-order valence-electron chi connectivity index (χ2n) is 4.21. The molecule has 1 heterocycles. The van der Waals surface area contributed by atoms with E-state index in [9.17, 15) is 12.6 Å². The Morgan fingerprint density at radius 2 is 1.90 bits per heavy atom. The molecule has 108 valence electrons. The van der Waals surface area contributed by atoms with Gasteiger partial charge < -0.3 is 0 Å². The molecule has 5 nitrogen and oxygen atoms in total. The van der Waals surface area contributed by atoms with Crippen LogP contribution in [0.3, 0.4) is 0 Å². The summed E-state index contributed by atoms with van der Waals surface area (Å²) in [4.78, 5) is 4.27. The van der Waals surface area contributed by atoms with Crippen LogP contribution in [-0.2, 0) is 19.0 Å². The monoisotopic (exact) mass is 332 g/mol. The largest absolute Gasteiger partial charge is 0.347 e. The van der Waals surface area contributed by atoms with Gasteiger partial charge in [0, 0.05) is 21.8 Å². The minimum Gasteiger partial charge on any atom is -0.242 e. The number of para-hydroxylation sites is 1. The maximum absolute atomic E-state index is 12.7. The van der Waals surface area contributed by atoms with Crippen molar-refractivity contribution in [2.24, 2.45) is 3.77 Å². The van der Waals surface area contributed by atoms with Crippen LogP contribution in [0.1, 0.15) is 12.5 Å². The van der Waals surface area contributed by atoms with Crippen LogP contribution in [0.5, 0.6) is 0 Å². The van der Waals surface area contributed by atoms with Crippen LogP contribution in [0.25, 0.3) is 10.9 Å². The lowest BCUT2D eigenvalue weighted by Crippen LogP contribution is -2.08. The van der Waals surface area contributed by atoms with Gasteiger partial charge in [0.2, 0.25) is 0 Å². The molecule has 0 saturated heterocycles. The first-order valence-electron chi connectivity index (χ1n) is 5.82. The van der Waals surface area contributed by atoms with Crippen molar-refractivity contribution in [2.45, 2.75) is 18.9 Å². The molecule has 2 rings (SSSR count). The normalized spacial score (nSPS) is 14.9. The second-order valence-corrected chi connectivity index (χ2v) is 9.08. The lowest BCUT2D eigenvalue weighted by atomic mass is 10.1. The number of aromatic nitrogens is 1. The molecule has 1 atom stereocenters. The van der Waals surface area contributed by atoms with Crippen LogP contribution >= 0.6 is 10.7 Å². The van der Waals surface area contributed by atoms with Crippen molar-refractivity contribution in [1.82, 2.24) is 4.98 Å². The molecule has 0 unspecified atom stereocenters. The number of pyridine rings is 1. The van der Waals surface area contributed by atoms with Gasteiger partial charge in [-0.2, -0.15) is 8.42 Å². The average Bonchev–Trinajstić information content (AvgIpc) is 2.36. The average molecular weight is 333 g/mol. The van der Waals surface area contributed by atoms with Crippen molar-refractivity contribution < 1.29 is 12.6 Å². The predicted molar refractivity (Wildman–Crippen MR) is 80.6 cm³/mol. The van der Waals surface area contributed by atoms with E-state index in [1.165, 1.54) is 0 Å². The van der Waals surface area contributed by atoms with E-state index in [4.69, 9.17) is 10.7 Å². The van der Waals surface area contributed by atoms with E-state index in [2.05, 4.69) is 8.75 Å². The Morgan fingerprint density at radius 1 is 1.25 bits per heavy atom. The van der Waals surface area contributed by atoms with Gasteiger partial charge in [-0.25, -0.2) is 9.19 Å². The zero-order valence-corrected chi connectivity index (χ0v) is 13.3. The number of aryl methyl sites for hydroxylation is 1. The highest BCUT2D eigenvalue weighted by Gasteiger charge is 2.18. The van der Waals surface area contributed by atoms with Crippen LogP contribution in [0, 0.1) is 6.92 Å². The number of halogens is 1. The van der Waals surface area contributed by atoms with Crippen LogP contribution in [0.2, 0.25) is 0 Å². The summed E-state index contributed by atoms with van der Waals surface area (Å²) in [5.74, 6) is 0.0176. The molecular weight excluding hydrogens is 320 g/mol. The molecule has 1 aromatic heterocycles. The molecule has 20 heavy (non-hydrogen) atoms. The van der Waals surface area contributed by atoms with Gasteiger partial charge in [-0.1, -0.05) is 28.9 Å². The summed E-state index contributed by atoms with van der Waals surface area (Å²) in [7, 11) is -2.31.